The van der Waals surface area contributed by atoms with Gasteiger partial charge in [0.2, 0.25) is 0 Å². The van der Waals surface area contributed by atoms with Gasteiger partial charge in [-0.25, -0.2) is 4.98 Å². The number of likely N-dealkylation sites (tertiary alicyclic amines) is 1. The van der Waals surface area contributed by atoms with Gasteiger partial charge in [-0.2, -0.15) is 0 Å². The van der Waals surface area contributed by atoms with Crippen LogP contribution < -0.4 is 5.32 Å². The molecule has 2 heterocycles. The van der Waals surface area contributed by atoms with Crippen LogP contribution in [0.2, 0.25) is 5.15 Å². The standard InChI is InChI=1S/C11H18ClN3S/c12-10-9-16-11(14-10)13-5-8-15-6-3-1-2-4-7-15/h9H,1-8H2,(H,13,14). The number of nitrogens with zero attached hydrogens (tertiary/aromatic N) is 2. The van der Waals surface area contributed by atoms with E-state index in [0.29, 0.717) is 5.15 Å². The Balaban J connectivity index is 1.67. The summed E-state index contributed by atoms with van der Waals surface area (Å²) in [7, 11) is 0. The first kappa shape index (κ1) is 12.1. The molecule has 3 nitrogen and oxygen atoms in total. The van der Waals surface area contributed by atoms with E-state index in [2.05, 4.69) is 15.2 Å². The van der Waals surface area contributed by atoms with Crippen LogP contribution in [0.5, 0.6) is 0 Å². The van der Waals surface area contributed by atoms with Crippen LogP contribution in [0, 0.1) is 0 Å². The number of aromatic nitrogens is 1. The molecule has 1 aromatic rings. The van der Waals surface area contributed by atoms with E-state index in [9.17, 15) is 0 Å². The average molecular weight is 260 g/mol. The molecule has 0 aliphatic carbocycles. The third kappa shape index (κ3) is 3.92. The van der Waals surface area contributed by atoms with Crippen molar-refractivity contribution in [3.63, 3.8) is 0 Å². The van der Waals surface area contributed by atoms with Gasteiger partial charge in [0.1, 0.15) is 5.15 Å². The molecule has 1 aliphatic heterocycles. The maximum absolute atomic E-state index is 5.76. The predicted octanol–water partition coefficient (Wildman–Crippen LogP) is 3.08. The number of rotatable bonds is 4. The van der Waals surface area contributed by atoms with Crippen molar-refractivity contribution >= 4 is 28.1 Å². The minimum absolute atomic E-state index is 0.585. The highest BCUT2D eigenvalue weighted by Gasteiger charge is 2.08. The van der Waals surface area contributed by atoms with Crippen LogP contribution in [0.3, 0.4) is 0 Å². The van der Waals surface area contributed by atoms with E-state index in [1.807, 2.05) is 5.38 Å². The number of nitrogens with one attached hydrogen (secondary N) is 1. The Morgan fingerprint density at radius 2 is 2.06 bits per heavy atom. The van der Waals surface area contributed by atoms with Gasteiger partial charge in [-0.1, -0.05) is 24.4 Å². The minimum Gasteiger partial charge on any atom is -0.360 e. The summed E-state index contributed by atoms with van der Waals surface area (Å²) in [4.78, 5) is 6.70. The van der Waals surface area contributed by atoms with Crippen LogP contribution in [0.15, 0.2) is 5.38 Å². The van der Waals surface area contributed by atoms with Crippen molar-refractivity contribution in [1.82, 2.24) is 9.88 Å². The lowest BCUT2D eigenvalue weighted by molar-refractivity contribution is 0.296. The van der Waals surface area contributed by atoms with Crippen LogP contribution >= 0.6 is 22.9 Å². The summed E-state index contributed by atoms with van der Waals surface area (Å²) < 4.78 is 0. The molecule has 16 heavy (non-hydrogen) atoms. The highest BCUT2D eigenvalue weighted by molar-refractivity contribution is 7.14. The fraction of sp³-hybridized carbons (Fsp3) is 0.727. The van der Waals surface area contributed by atoms with E-state index in [1.54, 1.807) is 11.3 Å². The van der Waals surface area contributed by atoms with Crippen LogP contribution in [0.25, 0.3) is 0 Å². The van der Waals surface area contributed by atoms with Gasteiger partial charge in [-0.3, -0.25) is 0 Å². The molecule has 5 heteroatoms. The molecule has 0 atom stereocenters. The number of halogens is 1. The second-order valence-electron chi connectivity index (χ2n) is 4.16. The second-order valence-corrected chi connectivity index (χ2v) is 5.40. The summed E-state index contributed by atoms with van der Waals surface area (Å²) in [6.07, 6.45) is 5.49. The Labute approximate surface area is 106 Å². The molecule has 1 N–H and O–H groups in total. The molecule has 1 aromatic heterocycles. The van der Waals surface area contributed by atoms with Gasteiger partial charge in [0.25, 0.3) is 0 Å². The summed E-state index contributed by atoms with van der Waals surface area (Å²) in [5.41, 5.74) is 0. The van der Waals surface area contributed by atoms with Gasteiger partial charge in [0, 0.05) is 18.5 Å². The first-order chi connectivity index (χ1) is 7.84. The van der Waals surface area contributed by atoms with E-state index >= 15 is 0 Å². The Hall–Kier alpha value is -0.320. The van der Waals surface area contributed by atoms with Gasteiger partial charge < -0.3 is 10.2 Å². The molecule has 0 radical (unpaired) electrons. The first-order valence-corrected chi connectivity index (χ1v) is 7.17. The smallest absolute Gasteiger partial charge is 0.184 e. The van der Waals surface area contributed by atoms with Crippen molar-refractivity contribution in [2.75, 3.05) is 31.5 Å². The maximum atomic E-state index is 5.76. The van der Waals surface area contributed by atoms with Crippen molar-refractivity contribution in [2.24, 2.45) is 0 Å². The fourth-order valence-electron chi connectivity index (χ4n) is 2.02. The summed E-state index contributed by atoms with van der Waals surface area (Å²) in [6.45, 7) is 4.57. The molecule has 0 bridgehead atoms. The number of anilines is 1. The Morgan fingerprint density at radius 1 is 1.31 bits per heavy atom. The number of thiazole rings is 1. The first-order valence-electron chi connectivity index (χ1n) is 5.92. The molecule has 1 fully saturated rings. The van der Waals surface area contributed by atoms with E-state index in [1.165, 1.54) is 38.8 Å². The molecule has 1 saturated heterocycles. The van der Waals surface area contributed by atoms with Crippen LogP contribution in [0.4, 0.5) is 5.13 Å². The normalized spacial score (nSPS) is 18.3. The van der Waals surface area contributed by atoms with E-state index in [-0.39, 0.29) is 0 Å². The van der Waals surface area contributed by atoms with Gasteiger partial charge in [-0.05, 0) is 25.9 Å². The summed E-state index contributed by atoms with van der Waals surface area (Å²) in [5, 5.41) is 6.69. The van der Waals surface area contributed by atoms with Crippen molar-refractivity contribution in [3.05, 3.63) is 10.5 Å². The predicted molar refractivity (Wildman–Crippen MR) is 70.5 cm³/mol. The average Bonchev–Trinajstić information content (AvgIpc) is 2.54. The topological polar surface area (TPSA) is 28.2 Å². The molecular formula is C11H18ClN3S. The highest BCUT2D eigenvalue weighted by Crippen LogP contribution is 2.18. The third-order valence-corrected chi connectivity index (χ3v) is 4.00. The van der Waals surface area contributed by atoms with E-state index in [4.69, 9.17) is 11.6 Å². The monoisotopic (exact) mass is 259 g/mol. The zero-order chi connectivity index (χ0) is 11.2. The summed E-state index contributed by atoms with van der Waals surface area (Å²) in [6, 6.07) is 0. The summed E-state index contributed by atoms with van der Waals surface area (Å²) in [5.74, 6) is 0. The molecule has 1 aliphatic rings. The molecular weight excluding hydrogens is 242 g/mol. The van der Waals surface area contributed by atoms with Crippen LogP contribution in [-0.2, 0) is 0 Å². The summed E-state index contributed by atoms with van der Waals surface area (Å²) >= 11 is 7.33. The molecule has 0 aromatic carbocycles. The lowest BCUT2D eigenvalue weighted by atomic mass is 10.2. The molecule has 0 unspecified atom stereocenters. The number of hydrogen-bond donors (Lipinski definition) is 1. The SMILES string of the molecule is Clc1csc(NCCN2CCCCCC2)n1. The third-order valence-electron chi connectivity index (χ3n) is 2.88. The molecule has 0 spiro atoms. The van der Waals surface area contributed by atoms with Gasteiger partial charge in [0.15, 0.2) is 5.13 Å². The quantitative estimate of drug-likeness (QED) is 0.901. The Bertz CT molecular complexity index is 308. The largest absolute Gasteiger partial charge is 0.360 e. The lowest BCUT2D eigenvalue weighted by Crippen LogP contribution is -2.29. The van der Waals surface area contributed by atoms with Crippen molar-refractivity contribution in [3.8, 4) is 0 Å². The van der Waals surface area contributed by atoms with Gasteiger partial charge >= 0.3 is 0 Å². The second kappa shape index (κ2) is 6.42. The Kier molecular flexibility index (Phi) is 4.88. The van der Waals surface area contributed by atoms with E-state index < -0.39 is 0 Å². The minimum atomic E-state index is 0.585. The van der Waals surface area contributed by atoms with Gasteiger partial charge in [-0.15, -0.1) is 11.3 Å². The highest BCUT2D eigenvalue weighted by atomic mass is 35.5. The molecule has 0 saturated carbocycles. The molecule has 2 rings (SSSR count). The van der Waals surface area contributed by atoms with E-state index in [0.717, 1.165) is 18.2 Å². The maximum Gasteiger partial charge on any atom is 0.184 e. The molecule has 90 valence electrons. The lowest BCUT2D eigenvalue weighted by Gasteiger charge is -2.19. The number of hydrogen-bond acceptors (Lipinski definition) is 4. The van der Waals surface area contributed by atoms with Crippen molar-refractivity contribution in [1.29, 1.82) is 0 Å². The Morgan fingerprint density at radius 3 is 2.69 bits per heavy atom. The van der Waals surface area contributed by atoms with Gasteiger partial charge in [0.05, 0.1) is 0 Å². The van der Waals surface area contributed by atoms with Crippen LogP contribution in [0.1, 0.15) is 25.7 Å². The van der Waals surface area contributed by atoms with Crippen molar-refractivity contribution < 1.29 is 0 Å². The van der Waals surface area contributed by atoms with Crippen LogP contribution in [-0.4, -0.2) is 36.1 Å². The zero-order valence-corrected chi connectivity index (χ0v) is 11.0. The zero-order valence-electron chi connectivity index (χ0n) is 9.41. The van der Waals surface area contributed by atoms with Crippen molar-refractivity contribution in [2.45, 2.75) is 25.7 Å². The molecule has 0 amide bonds. The fourth-order valence-corrected chi connectivity index (χ4v) is 2.88.